The highest BCUT2D eigenvalue weighted by Crippen LogP contribution is 2.43. The number of hydrogen-bond donors (Lipinski definition) is 0. The lowest BCUT2D eigenvalue weighted by Crippen LogP contribution is -2.54. The summed E-state index contributed by atoms with van der Waals surface area (Å²) in [5.74, 6) is 0.931. The summed E-state index contributed by atoms with van der Waals surface area (Å²) in [7, 11) is 0. The van der Waals surface area contributed by atoms with Crippen molar-refractivity contribution >= 4 is 27.9 Å². The topological polar surface area (TPSA) is 6.48 Å². The molecule has 2 nitrogen and oxygen atoms in total. The van der Waals surface area contributed by atoms with Gasteiger partial charge in [0, 0.05) is 28.5 Å². The first kappa shape index (κ1) is 11.8. The van der Waals surface area contributed by atoms with E-state index in [-0.39, 0.29) is 0 Å². The molecule has 2 bridgehead atoms. The fourth-order valence-corrected chi connectivity index (χ4v) is 5.14. The summed E-state index contributed by atoms with van der Waals surface area (Å²) in [6, 6.07) is 7.46. The zero-order chi connectivity index (χ0) is 12.1. The van der Waals surface area contributed by atoms with Crippen molar-refractivity contribution in [3.63, 3.8) is 0 Å². The van der Waals surface area contributed by atoms with Crippen molar-refractivity contribution in [1.82, 2.24) is 9.21 Å². The van der Waals surface area contributed by atoms with Crippen molar-refractivity contribution in [2.45, 2.75) is 30.3 Å². The zero-order valence-electron chi connectivity index (χ0n) is 10.3. The van der Waals surface area contributed by atoms with E-state index < -0.39 is 0 Å². The van der Waals surface area contributed by atoms with E-state index in [9.17, 15) is 0 Å². The van der Waals surface area contributed by atoms with Crippen LogP contribution in [0.1, 0.15) is 18.4 Å². The van der Waals surface area contributed by atoms with Crippen LogP contribution in [0.15, 0.2) is 27.6 Å². The van der Waals surface area contributed by atoms with Crippen LogP contribution < -0.4 is 0 Å². The van der Waals surface area contributed by atoms with Gasteiger partial charge in [0.1, 0.15) is 0 Å². The zero-order valence-corrected chi connectivity index (χ0v) is 12.7. The van der Waals surface area contributed by atoms with Gasteiger partial charge in [-0.3, -0.25) is 0 Å². The minimum atomic E-state index is 0.767. The Morgan fingerprint density at radius 3 is 2.78 bits per heavy atom. The van der Waals surface area contributed by atoms with Crippen LogP contribution in [-0.2, 0) is 6.54 Å². The lowest BCUT2D eigenvalue weighted by atomic mass is 9.84. The van der Waals surface area contributed by atoms with E-state index in [1.54, 1.807) is 0 Å². The highest BCUT2D eigenvalue weighted by molar-refractivity contribution is 9.10. The lowest BCUT2D eigenvalue weighted by molar-refractivity contribution is 0.0420. The molecule has 1 aromatic carbocycles. The van der Waals surface area contributed by atoms with Gasteiger partial charge < -0.3 is 4.90 Å². The molecule has 1 aromatic rings. The highest BCUT2D eigenvalue weighted by atomic mass is 79.9. The van der Waals surface area contributed by atoms with Crippen LogP contribution in [0.4, 0.5) is 0 Å². The molecule has 4 heterocycles. The molecule has 0 saturated carbocycles. The minimum Gasteiger partial charge on any atom is -0.302 e. The Kier molecular flexibility index (Phi) is 2.95. The van der Waals surface area contributed by atoms with Gasteiger partial charge in [0.25, 0.3) is 0 Å². The van der Waals surface area contributed by atoms with E-state index in [2.05, 4.69) is 43.3 Å². The maximum absolute atomic E-state index is 3.58. The van der Waals surface area contributed by atoms with Crippen LogP contribution in [0, 0.1) is 5.92 Å². The van der Waals surface area contributed by atoms with E-state index in [0.29, 0.717) is 0 Å². The SMILES string of the molecule is Brc1ccc2c(c1)CN([C@H]1CN3CCC1CC3)S2. The largest absolute Gasteiger partial charge is 0.302 e. The van der Waals surface area contributed by atoms with Gasteiger partial charge in [-0.1, -0.05) is 15.9 Å². The molecule has 0 radical (unpaired) electrons. The second kappa shape index (κ2) is 4.51. The van der Waals surface area contributed by atoms with Crippen molar-refractivity contribution in [1.29, 1.82) is 0 Å². The first-order chi connectivity index (χ1) is 8.79. The van der Waals surface area contributed by atoms with E-state index in [4.69, 9.17) is 0 Å². The third-order valence-electron chi connectivity index (χ3n) is 4.56. The van der Waals surface area contributed by atoms with Gasteiger partial charge in [-0.2, -0.15) is 0 Å². The Morgan fingerprint density at radius 1 is 1.22 bits per heavy atom. The van der Waals surface area contributed by atoms with Crippen LogP contribution in [0.5, 0.6) is 0 Å². The summed E-state index contributed by atoms with van der Waals surface area (Å²) in [6.07, 6.45) is 2.81. The number of halogens is 1. The number of rotatable bonds is 1. The predicted octanol–water partition coefficient (Wildman–Crippen LogP) is 3.37. The third kappa shape index (κ3) is 1.94. The number of hydrogen-bond acceptors (Lipinski definition) is 3. The predicted molar refractivity (Wildman–Crippen MR) is 78.5 cm³/mol. The highest BCUT2D eigenvalue weighted by Gasteiger charge is 2.39. The first-order valence-corrected chi connectivity index (χ1v) is 8.31. The molecule has 0 N–H and O–H groups in total. The Hall–Kier alpha value is -0.0300. The molecular weight excluding hydrogens is 308 g/mol. The van der Waals surface area contributed by atoms with E-state index in [1.165, 1.54) is 47.4 Å². The fourth-order valence-electron chi connectivity index (χ4n) is 3.53. The molecular formula is C14H17BrN2S. The molecule has 18 heavy (non-hydrogen) atoms. The molecule has 0 aromatic heterocycles. The third-order valence-corrected chi connectivity index (χ3v) is 6.28. The quantitative estimate of drug-likeness (QED) is 0.731. The average molecular weight is 325 g/mol. The summed E-state index contributed by atoms with van der Waals surface area (Å²) in [5, 5.41) is 0. The van der Waals surface area contributed by atoms with E-state index >= 15 is 0 Å². The van der Waals surface area contributed by atoms with Gasteiger partial charge in [0.15, 0.2) is 0 Å². The van der Waals surface area contributed by atoms with Crippen molar-refractivity contribution in [2.24, 2.45) is 5.92 Å². The molecule has 4 heteroatoms. The molecule has 3 saturated heterocycles. The molecule has 0 spiro atoms. The molecule has 96 valence electrons. The Bertz CT molecular complexity index is 471. The van der Waals surface area contributed by atoms with E-state index in [0.717, 1.165) is 18.5 Å². The molecule has 4 aliphatic heterocycles. The van der Waals surface area contributed by atoms with Crippen LogP contribution in [0.3, 0.4) is 0 Å². The second-order valence-electron chi connectivity index (χ2n) is 5.62. The minimum absolute atomic E-state index is 0.767. The number of piperidine rings is 3. The number of nitrogens with zero attached hydrogens (tertiary/aromatic N) is 2. The molecule has 0 aliphatic carbocycles. The van der Waals surface area contributed by atoms with Crippen LogP contribution in [0.2, 0.25) is 0 Å². The number of fused-ring (bicyclic) bond motifs is 4. The van der Waals surface area contributed by atoms with Gasteiger partial charge in [-0.15, -0.1) is 0 Å². The van der Waals surface area contributed by atoms with Gasteiger partial charge in [0.05, 0.1) is 0 Å². The fraction of sp³-hybridized carbons (Fsp3) is 0.571. The summed E-state index contributed by atoms with van der Waals surface area (Å²) in [4.78, 5) is 4.10. The second-order valence-corrected chi connectivity index (χ2v) is 7.63. The Balaban J connectivity index is 1.55. The Labute approximate surface area is 121 Å². The van der Waals surface area contributed by atoms with Crippen molar-refractivity contribution < 1.29 is 0 Å². The van der Waals surface area contributed by atoms with Gasteiger partial charge in [0.2, 0.25) is 0 Å². The van der Waals surface area contributed by atoms with Crippen molar-refractivity contribution in [3.8, 4) is 0 Å². The number of benzene rings is 1. The van der Waals surface area contributed by atoms with Crippen molar-refractivity contribution in [3.05, 3.63) is 28.2 Å². The van der Waals surface area contributed by atoms with Gasteiger partial charge >= 0.3 is 0 Å². The van der Waals surface area contributed by atoms with Crippen LogP contribution >= 0.6 is 27.9 Å². The van der Waals surface area contributed by atoms with Crippen LogP contribution in [-0.4, -0.2) is 34.9 Å². The standard InChI is InChI=1S/C14H17BrN2S/c15-12-1-2-14-11(7-12)8-17(18-14)13-9-16-5-3-10(13)4-6-16/h1-2,7,10,13H,3-6,8-9H2/t13-/m0/s1. The molecule has 3 fully saturated rings. The van der Waals surface area contributed by atoms with Crippen LogP contribution in [0.25, 0.3) is 0 Å². The summed E-state index contributed by atoms with van der Waals surface area (Å²) < 4.78 is 3.84. The normalized spacial score (nSPS) is 34.8. The average Bonchev–Trinajstić information content (AvgIpc) is 2.83. The lowest BCUT2D eigenvalue weighted by Gasteiger charge is -2.47. The molecule has 0 amide bonds. The van der Waals surface area contributed by atoms with Crippen molar-refractivity contribution in [2.75, 3.05) is 19.6 Å². The smallest absolute Gasteiger partial charge is 0.0366 e. The first-order valence-electron chi connectivity index (χ1n) is 6.75. The maximum Gasteiger partial charge on any atom is 0.0366 e. The maximum atomic E-state index is 3.58. The molecule has 0 unspecified atom stereocenters. The Morgan fingerprint density at radius 2 is 2.06 bits per heavy atom. The molecule has 4 aliphatic rings. The molecule has 5 rings (SSSR count). The summed E-state index contributed by atoms with van der Waals surface area (Å²) in [5.41, 5.74) is 1.49. The molecule has 1 atom stereocenters. The monoisotopic (exact) mass is 324 g/mol. The van der Waals surface area contributed by atoms with Gasteiger partial charge in [-0.25, -0.2) is 4.31 Å². The summed E-state index contributed by atoms with van der Waals surface area (Å²) >= 11 is 5.55. The van der Waals surface area contributed by atoms with Gasteiger partial charge in [-0.05, 0) is 67.6 Å². The van der Waals surface area contributed by atoms with E-state index in [1.807, 2.05) is 11.9 Å². The summed E-state index contributed by atoms with van der Waals surface area (Å²) in [6.45, 7) is 5.07.